The first-order valence-electron chi connectivity index (χ1n) is 5.76. The summed E-state index contributed by atoms with van der Waals surface area (Å²) in [5, 5.41) is 6.37. The minimum atomic E-state index is -0.0749. The summed E-state index contributed by atoms with van der Waals surface area (Å²) in [5.41, 5.74) is 0.955. The fourth-order valence-electron chi connectivity index (χ4n) is 1.68. The van der Waals surface area contributed by atoms with Gasteiger partial charge in [-0.1, -0.05) is 30.3 Å². The quantitative estimate of drug-likeness (QED) is 0.877. The van der Waals surface area contributed by atoms with E-state index in [4.69, 9.17) is 0 Å². The highest BCUT2D eigenvalue weighted by molar-refractivity contribution is 7.10. The summed E-state index contributed by atoms with van der Waals surface area (Å²) >= 11 is 1.20. The molecule has 0 aliphatic carbocycles. The zero-order valence-electron chi connectivity index (χ0n) is 9.59. The van der Waals surface area contributed by atoms with E-state index in [2.05, 4.69) is 20.0 Å². The van der Waals surface area contributed by atoms with E-state index in [0.29, 0.717) is 11.0 Å². The number of nitrogens with zero attached hydrogens (tertiary/aromatic N) is 2. The van der Waals surface area contributed by atoms with Crippen LogP contribution in [0.4, 0.5) is 5.13 Å². The van der Waals surface area contributed by atoms with Gasteiger partial charge in [-0.3, -0.25) is 10.1 Å². The average molecular weight is 260 g/mol. The molecular weight excluding hydrogens is 248 g/mol. The van der Waals surface area contributed by atoms with Gasteiger partial charge in [0.15, 0.2) is 5.82 Å². The predicted octanol–water partition coefficient (Wildman–Crippen LogP) is 1.51. The third kappa shape index (κ3) is 2.25. The van der Waals surface area contributed by atoms with Crippen molar-refractivity contribution in [2.45, 2.75) is 12.5 Å². The Bertz CT molecular complexity index is 550. The van der Waals surface area contributed by atoms with E-state index < -0.39 is 0 Å². The topological polar surface area (TPSA) is 66.9 Å². The number of anilines is 1. The Hall–Kier alpha value is -1.79. The summed E-state index contributed by atoms with van der Waals surface area (Å²) in [6.45, 7) is 0.906. The minimum absolute atomic E-state index is 0.0305. The zero-order valence-corrected chi connectivity index (χ0v) is 10.4. The van der Waals surface area contributed by atoms with Crippen LogP contribution in [0.15, 0.2) is 30.3 Å². The van der Waals surface area contributed by atoms with E-state index in [9.17, 15) is 4.79 Å². The Balaban J connectivity index is 1.71. The first-order valence-corrected chi connectivity index (χ1v) is 6.53. The van der Waals surface area contributed by atoms with E-state index in [1.54, 1.807) is 0 Å². The number of carbonyl (C=O) groups excluding carboxylic acids is 1. The Labute approximate surface area is 108 Å². The predicted molar refractivity (Wildman–Crippen MR) is 70.4 cm³/mol. The van der Waals surface area contributed by atoms with Crippen LogP contribution in [0.25, 0.3) is 11.4 Å². The molecule has 2 aromatic rings. The van der Waals surface area contributed by atoms with Crippen molar-refractivity contribution in [3.63, 3.8) is 0 Å². The van der Waals surface area contributed by atoms with Gasteiger partial charge in [0.25, 0.3) is 0 Å². The number of benzene rings is 1. The van der Waals surface area contributed by atoms with E-state index in [1.165, 1.54) is 11.5 Å². The van der Waals surface area contributed by atoms with Crippen molar-refractivity contribution in [1.82, 2.24) is 14.7 Å². The second-order valence-corrected chi connectivity index (χ2v) is 4.83. The largest absolute Gasteiger partial charge is 0.306 e. The SMILES string of the molecule is O=C(Nc1nc(-c2ccccc2)ns1)[C@@H]1CCN1. The lowest BCUT2D eigenvalue weighted by Gasteiger charge is -2.25. The summed E-state index contributed by atoms with van der Waals surface area (Å²) in [5.74, 6) is 0.620. The van der Waals surface area contributed by atoms with Gasteiger partial charge in [-0.2, -0.15) is 9.36 Å². The van der Waals surface area contributed by atoms with Crippen molar-refractivity contribution in [2.75, 3.05) is 11.9 Å². The highest BCUT2D eigenvalue weighted by Crippen LogP contribution is 2.21. The van der Waals surface area contributed by atoms with Gasteiger partial charge in [-0.15, -0.1) is 0 Å². The number of aromatic nitrogens is 2. The number of rotatable bonds is 3. The van der Waals surface area contributed by atoms with Crippen LogP contribution >= 0.6 is 11.5 Å². The molecule has 0 spiro atoms. The maximum atomic E-state index is 11.7. The lowest BCUT2D eigenvalue weighted by Crippen LogP contribution is -2.50. The lowest BCUT2D eigenvalue weighted by atomic mass is 10.1. The zero-order chi connectivity index (χ0) is 12.4. The maximum Gasteiger partial charge on any atom is 0.243 e. The van der Waals surface area contributed by atoms with Gasteiger partial charge in [-0.05, 0) is 13.0 Å². The van der Waals surface area contributed by atoms with Crippen molar-refractivity contribution in [3.05, 3.63) is 30.3 Å². The van der Waals surface area contributed by atoms with Crippen molar-refractivity contribution in [3.8, 4) is 11.4 Å². The van der Waals surface area contributed by atoms with Crippen LogP contribution in [0.1, 0.15) is 6.42 Å². The second-order valence-electron chi connectivity index (χ2n) is 4.07. The molecular formula is C12H12N4OS. The van der Waals surface area contributed by atoms with Crippen molar-refractivity contribution < 1.29 is 4.79 Å². The van der Waals surface area contributed by atoms with Gasteiger partial charge in [0.1, 0.15) is 0 Å². The van der Waals surface area contributed by atoms with Gasteiger partial charge in [-0.25, -0.2) is 0 Å². The summed E-state index contributed by atoms with van der Waals surface area (Å²) < 4.78 is 4.24. The summed E-state index contributed by atoms with van der Waals surface area (Å²) in [7, 11) is 0. The van der Waals surface area contributed by atoms with Crippen LogP contribution in [-0.4, -0.2) is 27.9 Å². The Morgan fingerprint density at radius 3 is 2.83 bits per heavy atom. The van der Waals surface area contributed by atoms with E-state index in [-0.39, 0.29) is 11.9 Å². The summed E-state index contributed by atoms with van der Waals surface area (Å²) in [4.78, 5) is 16.0. The average Bonchev–Trinajstić information content (AvgIpc) is 2.76. The Morgan fingerprint density at radius 2 is 2.17 bits per heavy atom. The Kier molecular flexibility index (Phi) is 3.04. The molecule has 0 radical (unpaired) electrons. The van der Waals surface area contributed by atoms with Crippen molar-refractivity contribution in [1.29, 1.82) is 0 Å². The third-order valence-corrected chi connectivity index (χ3v) is 3.46. The molecule has 1 aromatic heterocycles. The number of hydrogen-bond donors (Lipinski definition) is 2. The van der Waals surface area contributed by atoms with Crippen LogP contribution in [0.3, 0.4) is 0 Å². The molecule has 6 heteroatoms. The molecule has 3 rings (SSSR count). The molecule has 18 heavy (non-hydrogen) atoms. The molecule has 0 bridgehead atoms. The molecule has 2 N–H and O–H groups in total. The summed E-state index contributed by atoms with van der Waals surface area (Å²) in [6, 6.07) is 9.64. The van der Waals surface area contributed by atoms with Gasteiger partial charge in [0, 0.05) is 17.1 Å². The first-order chi connectivity index (χ1) is 8.83. The Morgan fingerprint density at radius 1 is 1.39 bits per heavy atom. The second kappa shape index (κ2) is 4.83. The third-order valence-electron chi connectivity index (χ3n) is 2.83. The van der Waals surface area contributed by atoms with E-state index in [1.807, 2.05) is 30.3 Å². The van der Waals surface area contributed by atoms with Crippen LogP contribution < -0.4 is 10.6 Å². The molecule has 1 fully saturated rings. The molecule has 1 amide bonds. The molecule has 2 heterocycles. The van der Waals surface area contributed by atoms with Crippen LogP contribution in [0, 0.1) is 0 Å². The van der Waals surface area contributed by atoms with Gasteiger partial charge in [0.05, 0.1) is 6.04 Å². The van der Waals surface area contributed by atoms with Gasteiger partial charge < -0.3 is 5.32 Å². The smallest absolute Gasteiger partial charge is 0.243 e. The number of amides is 1. The lowest BCUT2D eigenvalue weighted by molar-refractivity contribution is -0.119. The van der Waals surface area contributed by atoms with Gasteiger partial charge in [0.2, 0.25) is 11.0 Å². The fourth-order valence-corrected chi connectivity index (χ4v) is 2.28. The molecule has 5 nitrogen and oxygen atoms in total. The fraction of sp³-hybridized carbons (Fsp3) is 0.250. The monoisotopic (exact) mass is 260 g/mol. The molecule has 1 aliphatic heterocycles. The van der Waals surface area contributed by atoms with Crippen LogP contribution in [0.2, 0.25) is 0 Å². The normalized spacial score (nSPS) is 18.1. The molecule has 1 saturated heterocycles. The molecule has 0 saturated carbocycles. The highest BCUT2D eigenvalue weighted by atomic mass is 32.1. The summed E-state index contributed by atoms with van der Waals surface area (Å²) in [6.07, 6.45) is 0.885. The molecule has 1 atom stereocenters. The molecule has 1 aromatic carbocycles. The first kappa shape index (κ1) is 11.3. The number of hydrogen-bond acceptors (Lipinski definition) is 5. The molecule has 1 aliphatic rings. The van der Waals surface area contributed by atoms with Crippen molar-refractivity contribution in [2.24, 2.45) is 0 Å². The van der Waals surface area contributed by atoms with Crippen LogP contribution in [-0.2, 0) is 4.79 Å². The highest BCUT2D eigenvalue weighted by Gasteiger charge is 2.25. The molecule has 92 valence electrons. The van der Waals surface area contributed by atoms with Crippen molar-refractivity contribution >= 4 is 22.6 Å². The van der Waals surface area contributed by atoms with Gasteiger partial charge >= 0.3 is 0 Å². The van der Waals surface area contributed by atoms with E-state index >= 15 is 0 Å². The maximum absolute atomic E-state index is 11.7. The number of carbonyl (C=O) groups is 1. The van der Waals surface area contributed by atoms with E-state index in [0.717, 1.165) is 18.5 Å². The standard InChI is InChI=1S/C12H12N4OS/c17-11(9-6-7-13-9)15-12-14-10(16-18-12)8-4-2-1-3-5-8/h1-5,9,13H,6-7H2,(H,14,15,16,17)/t9-/m0/s1. The van der Waals surface area contributed by atoms with Crippen LogP contribution in [0.5, 0.6) is 0 Å². The number of nitrogens with one attached hydrogen (secondary N) is 2. The molecule has 0 unspecified atom stereocenters. The minimum Gasteiger partial charge on any atom is -0.306 e.